The Morgan fingerprint density at radius 3 is 2.63 bits per heavy atom. The van der Waals surface area contributed by atoms with Crippen LogP contribution in [-0.4, -0.2) is 24.9 Å². The van der Waals surface area contributed by atoms with Crippen LogP contribution >= 0.6 is 12.6 Å². The molecule has 1 rings (SSSR count). The average Bonchev–Trinajstić information content (AvgIpc) is 2.36. The van der Waals surface area contributed by atoms with E-state index in [2.05, 4.69) is 23.3 Å². The first-order valence-electron chi connectivity index (χ1n) is 5.93. The lowest BCUT2D eigenvalue weighted by Crippen LogP contribution is -2.38. The van der Waals surface area contributed by atoms with Gasteiger partial charge in [0.05, 0.1) is 12.1 Å². The van der Waals surface area contributed by atoms with E-state index in [1.807, 2.05) is 13.8 Å². The molecule has 0 aliphatic heterocycles. The van der Waals surface area contributed by atoms with E-state index in [1.54, 1.807) is 0 Å². The van der Waals surface area contributed by atoms with Gasteiger partial charge in [-0.3, -0.25) is 9.59 Å². The van der Waals surface area contributed by atoms with Gasteiger partial charge in [0, 0.05) is 11.4 Å². The molecular weight excluding hydrogens is 267 g/mol. The maximum atomic E-state index is 13.4. The van der Waals surface area contributed by atoms with E-state index in [-0.39, 0.29) is 18.0 Å². The largest absolute Gasteiger partial charge is 0.354 e. The van der Waals surface area contributed by atoms with Gasteiger partial charge in [-0.2, -0.15) is 0 Å². The van der Waals surface area contributed by atoms with Crippen LogP contribution < -0.4 is 10.6 Å². The number of benzene rings is 1. The Morgan fingerprint density at radius 1 is 1.32 bits per heavy atom. The molecule has 2 amide bonds. The molecule has 0 spiro atoms. The summed E-state index contributed by atoms with van der Waals surface area (Å²) >= 11 is 4.03. The van der Waals surface area contributed by atoms with Gasteiger partial charge in [0.1, 0.15) is 5.82 Å². The monoisotopic (exact) mass is 284 g/mol. The molecule has 0 atom stereocenters. The van der Waals surface area contributed by atoms with Crippen molar-refractivity contribution in [3.8, 4) is 0 Å². The SMILES string of the molecule is CC(C)CNC(=O)CNC(=O)c1cc(S)ccc1F. The second kappa shape index (κ2) is 7.13. The number of hydrogen-bond acceptors (Lipinski definition) is 3. The maximum absolute atomic E-state index is 13.4. The van der Waals surface area contributed by atoms with Gasteiger partial charge in [-0.05, 0) is 24.1 Å². The highest BCUT2D eigenvalue weighted by Crippen LogP contribution is 2.13. The van der Waals surface area contributed by atoms with Crippen LogP contribution in [0.4, 0.5) is 4.39 Å². The molecule has 104 valence electrons. The van der Waals surface area contributed by atoms with Gasteiger partial charge >= 0.3 is 0 Å². The molecule has 6 heteroatoms. The fraction of sp³-hybridized carbons (Fsp3) is 0.385. The van der Waals surface area contributed by atoms with Crippen LogP contribution in [0, 0.1) is 11.7 Å². The quantitative estimate of drug-likeness (QED) is 0.720. The van der Waals surface area contributed by atoms with Crippen molar-refractivity contribution < 1.29 is 14.0 Å². The fourth-order valence-electron chi connectivity index (χ4n) is 1.32. The third-order valence-electron chi connectivity index (χ3n) is 2.31. The molecule has 0 bridgehead atoms. The van der Waals surface area contributed by atoms with Gasteiger partial charge in [0.15, 0.2) is 0 Å². The van der Waals surface area contributed by atoms with Gasteiger partial charge in [0.25, 0.3) is 5.91 Å². The van der Waals surface area contributed by atoms with Gasteiger partial charge in [-0.1, -0.05) is 13.8 Å². The third kappa shape index (κ3) is 5.30. The summed E-state index contributed by atoms with van der Waals surface area (Å²) in [6, 6.07) is 3.93. The van der Waals surface area contributed by atoms with Crippen molar-refractivity contribution in [1.29, 1.82) is 0 Å². The number of thiol groups is 1. The molecule has 0 fully saturated rings. The van der Waals surface area contributed by atoms with Crippen molar-refractivity contribution in [2.24, 2.45) is 5.92 Å². The van der Waals surface area contributed by atoms with Crippen molar-refractivity contribution in [2.75, 3.05) is 13.1 Å². The number of amides is 2. The lowest BCUT2D eigenvalue weighted by atomic mass is 10.2. The Balaban J connectivity index is 2.51. The van der Waals surface area contributed by atoms with E-state index >= 15 is 0 Å². The molecule has 0 saturated heterocycles. The second-order valence-corrected chi connectivity index (χ2v) is 5.06. The first kappa shape index (κ1) is 15.5. The standard InChI is InChI=1S/C13H17FN2O2S/c1-8(2)6-15-12(17)7-16-13(18)10-5-9(19)3-4-11(10)14/h3-5,8,19H,6-7H2,1-2H3,(H,15,17)(H,16,18). The summed E-state index contributed by atoms with van der Waals surface area (Å²) in [5.41, 5.74) is -0.121. The summed E-state index contributed by atoms with van der Waals surface area (Å²) in [6.07, 6.45) is 0. The van der Waals surface area contributed by atoms with Gasteiger partial charge < -0.3 is 10.6 Å². The van der Waals surface area contributed by atoms with Crippen LogP contribution in [0.25, 0.3) is 0 Å². The number of carbonyl (C=O) groups excluding carboxylic acids is 2. The molecule has 4 nitrogen and oxygen atoms in total. The van der Waals surface area contributed by atoms with Crippen LogP contribution in [0.3, 0.4) is 0 Å². The predicted molar refractivity (Wildman–Crippen MR) is 73.8 cm³/mol. The smallest absolute Gasteiger partial charge is 0.254 e. The molecule has 1 aromatic carbocycles. The minimum Gasteiger partial charge on any atom is -0.354 e. The highest BCUT2D eigenvalue weighted by atomic mass is 32.1. The summed E-state index contributed by atoms with van der Waals surface area (Å²) in [7, 11) is 0. The van der Waals surface area contributed by atoms with Crippen molar-refractivity contribution >= 4 is 24.4 Å². The summed E-state index contributed by atoms with van der Waals surface area (Å²) in [5, 5.41) is 5.02. The topological polar surface area (TPSA) is 58.2 Å². The zero-order valence-corrected chi connectivity index (χ0v) is 11.8. The van der Waals surface area contributed by atoms with Crippen LogP contribution in [-0.2, 0) is 4.79 Å². The normalized spacial score (nSPS) is 10.4. The van der Waals surface area contributed by atoms with E-state index in [4.69, 9.17) is 0 Å². The summed E-state index contributed by atoms with van der Waals surface area (Å²) in [5.74, 6) is -1.24. The van der Waals surface area contributed by atoms with E-state index in [0.717, 1.165) is 6.07 Å². The lowest BCUT2D eigenvalue weighted by molar-refractivity contribution is -0.120. The Hall–Kier alpha value is -1.56. The molecule has 0 saturated carbocycles. The zero-order chi connectivity index (χ0) is 14.4. The number of hydrogen-bond donors (Lipinski definition) is 3. The van der Waals surface area contributed by atoms with Crippen molar-refractivity contribution in [3.63, 3.8) is 0 Å². The van der Waals surface area contributed by atoms with Gasteiger partial charge in [0.2, 0.25) is 5.91 Å². The molecule has 1 aromatic rings. The van der Waals surface area contributed by atoms with E-state index in [9.17, 15) is 14.0 Å². The number of rotatable bonds is 5. The van der Waals surface area contributed by atoms with Gasteiger partial charge in [-0.15, -0.1) is 12.6 Å². The number of nitrogens with one attached hydrogen (secondary N) is 2. The lowest BCUT2D eigenvalue weighted by Gasteiger charge is -2.09. The van der Waals surface area contributed by atoms with E-state index < -0.39 is 11.7 Å². The highest BCUT2D eigenvalue weighted by molar-refractivity contribution is 7.80. The van der Waals surface area contributed by atoms with E-state index in [0.29, 0.717) is 17.4 Å². The first-order chi connectivity index (χ1) is 8.90. The average molecular weight is 284 g/mol. The molecule has 19 heavy (non-hydrogen) atoms. The Kier molecular flexibility index (Phi) is 5.82. The molecule has 0 radical (unpaired) electrons. The zero-order valence-electron chi connectivity index (χ0n) is 10.9. The van der Waals surface area contributed by atoms with Gasteiger partial charge in [-0.25, -0.2) is 4.39 Å². The minimum atomic E-state index is -0.641. The van der Waals surface area contributed by atoms with Crippen LogP contribution in [0.5, 0.6) is 0 Å². The maximum Gasteiger partial charge on any atom is 0.254 e. The second-order valence-electron chi connectivity index (χ2n) is 4.54. The summed E-state index contributed by atoms with van der Waals surface area (Å²) in [4.78, 5) is 23.6. The van der Waals surface area contributed by atoms with Crippen molar-refractivity contribution in [1.82, 2.24) is 10.6 Å². The predicted octanol–water partition coefficient (Wildman–Crippen LogP) is 1.62. The van der Waals surface area contributed by atoms with Crippen molar-refractivity contribution in [2.45, 2.75) is 18.7 Å². The Labute approximate surface area is 117 Å². The van der Waals surface area contributed by atoms with Crippen LogP contribution in [0.15, 0.2) is 23.1 Å². The summed E-state index contributed by atoms with van der Waals surface area (Å²) < 4.78 is 13.4. The van der Waals surface area contributed by atoms with Crippen LogP contribution in [0.2, 0.25) is 0 Å². The molecule has 2 N–H and O–H groups in total. The van der Waals surface area contributed by atoms with Crippen molar-refractivity contribution in [3.05, 3.63) is 29.6 Å². The fourth-order valence-corrected chi connectivity index (χ4v) is 1.53. The van der Waals surface area contributed by atoms with E-state index in [1.165, 1.54) is 12.1 Å². The Bertz CT molecular complexity index is 478. The third-order valence-corrected chi connectivity index (χ3v) is 2.59. The molecule has 0 unspecified atom stereocenters. The number of carbonyl (C=O) groups is 2. The molecule has 0 aliphatic carbocycles. The Morgan fingerprint density at radius 2 is 2.00 bits per heavy atom. The first-order valence-corrected chi connectivity index (χ1v) is 6.38. The molecule has 0 aromatic heterocycles. The number of halogens is 1. The molecule has 0 heterocycles. The molecular formula is C13H17FN2O2S. The van der Waals surface area contributed by atoms with Crippen LogP contribution in [0.1, 0.15) is 24.2 Å². The minimum absolute atomic E-state index is 0.121. The summed E-state index contributed by atoms with van der Waals surface area (Å²) in [6.45, 7) is 4.29. The molecule has 0 aliphatic rings. The highest BCUT2D eigenvalue weighted by Gasteiger charge is 2.13.